The molecule has 0 aliphatic heterocycles. The molecule has 0 saturated carbocycles. The Morgan fingerprint density at radius 1 is 1.09 bits per heavy atom. The molecule has 1 N–H and O–H groups in total. The van der Waals surface area contributed by atoms with Gasteiger partial charge in [-0.1, -0.05) is 17.7 Å². The van der Waals surface area contributed by atoms with E-state index in [2.05, 4.69) is 5.32 Å². The first kappa shape index (κ1) is 16.8. The number of nitrogens with one attached hydrogen (secondary N) is 1. The maximum atomic E-state index is 12.7. The van der Waals surface area contributed by atoms with E-state index >= 15 is 0 Å². The number of halogens is 1. The van der Waals surface area contributed by atoms with Crippen molar-refractivity contribution < 1.29 is 18.7 Å². The number of carbonyl (C=O) groups excluding carboxylic acids is 1. The minimum Gasteiger partial charge on any atom is -0.492 e. The monoisotopic (exact) mass is 317 g/mol. The van der Waals surface area contributed by atoms with Gasteiger partial charge in [-0.05, 0) is 50.2 Å². The molecule has 0 spiro atoms. The quantitative estimate of drug-likeness (QED) is 0.798. The van der Waals surface area contributed by atoms with Crippen molar-refractivity contribution in [1.82, 2.24) is 5.32 Å². The van der Waals surface area contributed by atoms with Crippen LogP contribution >= 0.6 is 0 Å². The van der Waals surface area contributed by atoms with E-state index in [4.69, 9.17) is 9.47 Å². The molecule has 23 heavy (non-hydrogen) atoms. The zero-order valence-electron chi connectivity index (χ0n) is 13.2. The van der Waals surface area contributed by atoms with E-state index in [-0.39, 0.29) is 11.7 Å². The van der Waals surface area contributed by atoms with Crippen LogP contribution in [0.15, 0.2) is 48.5 Å². The summed E-state index contributed by atoms with van der Waals surface area (Å²) in [6.07, 6.45) is -0.594. The summed E-state index contributed by atoms with van der Waals surface area (Å²) < 4.78 is 23.7. The highest BCUT2D eigenvalue weighted by Crippen LogP contribution is 2.13. The standard InChI is InChI=1S/C18H20FNO3/c1-13-3-7-17(8-4-13)23-14(2)18(21)20-11-12-22-16-9-5-15(19)6-10-16/h3-10,14H,11-12H2,1-2H3,(H,20,21)/t14-/m1/s1. The summed E-state index contributed by atoms with van der Waals surface area (Å²) in [5, 5.41) is 2.73. The van der Waals surface area contributed by atoms with Gasteiger partial charge in [0.1, 0.15) is 23.9 Å². The summed E-state index contributed by atoms with van der Waals surface area (Å²) in [5.41, 5.74) is 1.13. The number of carbonyl (C=O) groups is 1. The van der Waals surface area contributed by atoms with Gasteiger partial charge in [-0.25, -0.2) is 4.39 Å². The molecule has 2 rings (SSSR count). The molecular formula is C18H20FNO3. The van der Waals surface area contributed by atoms with Crippen molar-refractivity contribution in [3.8, 4) is 11.5 Å². The molecular weight excluding hydrogens is 297 g/mol. The molecule has 1 amide bonds. The maximum absolute atomic E-state index is 12.7. The number of benzene rings is 2. The molecule has 0 radical (unpaired) electrons. The summed E-state index contributed by atoms with van der Waals surface area (Å²) in [6.45, 7) is 4.32. The fraction of sp³-hybridized carbons (Fsp3) is 0.278. The average molecular weight is 317 g/mol. The molecule has 122 valence electrons. The molecule has 0 aliphatic carbocycles. The Morgan fingerprint density at radius 2 is 1.70 bits per heavy atom. The van der Waals surface area contributed by atoms with Gasteiger partial charge < -0.3 is 14.8 Å². The minimum absolute atomic E-state index is 0.215. The zero-order valence-corrected chi connectivity index (χ0v) is 13.2. The molecule has 0 fully saturated rings. The maximum Gasteiger partial charge on any atom is 0.260 e. The molecule has 2 aromatic rings. The second-order valence-electron chi connectivity index (χ2n) is 5.17. The first-order valence-corrected chi connectivity index (χ1v) is 7.44. The lowest BCUT2D eigenvalue weighted by Gasteiger charge is -2.15. The molecule has 5 heteroatoms. The topological polar surface area (TPSA) is 47.6 Å². The van der Waals surface area contributed by atoms with E-state index in [1.54, 1.807) is 19.1 Å². The summed E-state index contributed by atoms with van der Waals surface area (Å²) in [7, 11) is 0. The molecule has 0 saturated heterocycles. The predicted octanol–water partition coefficient (Wildman–Crippen LogP) is 3.10. The van der Waals surface area contributed by atoms with Crippen molar-refractivity contribution in [3.63, 3.8) is 0 Å². The van der Waals surface area contributed by atoms with Gasteiger partial charge >= 0.3 is 0 Å². The Balaban J connectivity index is 1.69. The van der Waals surface area contributed by atoms with E-state index in [1.165, 1.54) is 12.1 Å². The normalized spacial score (nSPS) is 11.6. The highest BCUT2D eigenvalue weighted by atomic mass is 19.1. The van der Waals surface area contributed by atoms with Crippen LogP contribution in [0.1, 0.15) is 12.5 Å². The Labute approximate surface area is 135 Å². The Kier molecular flexibility index (Phi) is 5.97. The Hall–Kier alpha value is -2.56. The minimum atomic E-state index is -0.594. The van der Waals surface area contributed by atoms with Gasteiger partial charge in [0.2, 0.25) is 0 Å². The molecule has 4 nitrogen and oxygen atoms in total. The Bertz CT molecular complexity index is 626. The first-order chi connectivity index (χ1) is 11.0. The van der Waals surface area contributed by atoms with Crippen LogP contribution in [-0.4, -0.2) is 25.2 Å². The molecule has 0 aliphatic rings. The van der Waals surface area contributed by atoms with Gasteiger partial charge in [0, 0.05) is 0 Å². The number of aryl methyl sites for hydroxylation is 1. The largest absolute Gasteiger partial charge is 0.492 e. The van der Waals surface area contributed by atoms with Crippen molar-refractivity contribution in [2.75, 3.05) is 13.2 Å². The van der Waals surface area contributed by atoms with Gasteiger partial charge in [0.15, 0.2) is 6.10 Å². The van der Waals surface area contributed by atoms with E-state index in [0.717, 1.165) is 5.56 Å². The SMILES string of the molecule is Cc1ccc(O[C@H](C)C(=O)NCCOc2ccc(F)cc2)cc1. The smallest absolute Gasteiger partial charge is 0.260 e. The number of rotatable bonds is 7. The highest BCUT2D eigenvalue weighted by Gasteiger charge is 2.13. The van der Waals surface area contributed by atoms with E-state index < -0.39 is 6.10 Å². The van der Waals surface area contributed by atoms with Crippen molar-refractivity contribution in [3.05, 3.63) is 59.9 Å². The molecule has 0 aromatic heterocycles. The van der Waals surface area contributed by atoms with Gasteiger partial charge in [-0.15, -0.1) is 0 Å². The van der Waals surface area contributed by atoms with Crippen LogP contribution in [0.3, 0.4) is 0 Å². The second kappa shape index (κ2) is 8.17. The number of hydrogen-bond donors (Lipinski definition) is 1. The van der Waals surface area contributed by atoms with Crippen molar-refractivity contribution in [1.29, 1.82) is 0 Å². The van der Waals surface area contributed by atoms with Gasteiger partial charge in [-0.2, -0.15) is 0 Å². The number of amides is 1. The molecule has 2 aromatic carbocycles. The lowest BCUT2D eigenvalue weighted by Crippen LogP contribution is -2.38. The van der Waals surface area contributed by atoms with Crippen LogP contribution in [0.2, 0.25) is 0 Å². The van der Waals surface area contributed by atoms with Crippen LogP contribution in [0.5, 0.6) is 11.5 Å². The van der Waals surface area contributed by atoms with E-state index in [0.29, 0.717) is 24.7 Å². The summed E-state index contributed by atoms with van der Waals surface area (Å²) in [5.74, 6) is 0.687. The Morgan fingerprint density at radius 3 is 2.35 bits per heavy atom. The molecule has 1 atom stereocenters. The van der Waals surface area contributed by atoms with Crippen LogP contribution < -0.4 is 14.8 Å². The van der Waals surface area contributed by atoms with Gasteiger partial charge in [0.25, 0.3) is 5.91 Å². The zero-order chi connectivity index (χ0) is 16.7. The fourth-order valence-electron chi connectivity index (χ4n) is 1.89. The van der Waals surface area contributed by atoms with Gasteiger partial charge in [-0.3, -0.25) is 4.79 Å². The third kappa shape index (κ3) is 5.62. The van der Waals surface area contributed by atoms with Crippen LogP contribution in [-0.2, 0) is 4.79 Å². The third-order valence-corrected chi connectivity index (χ3v) is 3.19. The fourth-order valence-corrected chi connectivity index (χ4v) is 1.89. The van der Waals surface area contributed by atoms with Crippen molar-refractivity contribution in [2.24, 2.45) is 0 Å². The highest BCUT2D eigenvalue weighted by molar-refractivity contribution is 5.80. The number of ether oxygens (including phenoxy) is 2. The number of hydrogen-bond acceptors (Lipinski definition) is 3. The van der Waals surface area contributed by atoms with Crippen molar-refractivity contribution >= 4 is 5.91 Å². The lowest BCUT2D eigenvalue weighted by atomic mass is 10.2. The van der Waals surface area contributed by atoms with E-state index in [1.807, 2.05) is 31.2 Å². The summed E-state index contributed by atoms with van der Waals surface area (Å²) in [4.78, 5) is 11.9. The van der Waals surface area contributed by atoms with Crippen LogP contribution in [0.25, 0.3) is 0 Å². The first-order valence-electron chi connectivity index (χ1n) is 7.44. The lowest BCUT2D eigenvalue weighted by molar-refractivity contribution is -0.127. The van der Waals surface area contributed by atoms with Crippen molar-refractivity contribution in [2.45, 2.75) is 20.0 Å². The third-order valence-electron chi connectivity index (χ3n) is 3.19. The second-order valence-corrected chi connectivity index (χ2v) is 5.17. The molecule has 0 unspecified atom stereocenters. The van der Waals surface area contributed by atoms with Gasteiger partial charge in [0.05, 0.1) is 6.54 Å². The van der Waals surface area contributed by atoms with Crippen LogP contribution in [0.4, 0.5) is 4.39 Å². The molecule has 0 heterocycles. The molecule has 0 bridgehead atoms. The van der Waals surface area contributed by atoms with E-state index in [9.17, 15) is 9.18 Å². The van der Waals surface area contributed by atoms with Crippen LogP contribution in [0, 0.1) is 12.7 Å². The average Bonchev–Trinajstić information content (AvgIpc) is 2.55. The summed E-state index contributed by atoms with van der Waals surface area (Å²) >= 11 is 0. The summed E-state index contributed by atoms with van der Waals surface area (Å²) in [6, 6.07) is 13.2. The predicted molar refractivity (Wildman–Crippen MR) is 86.2 cm³/mol.